The van der Waals surface area contributed by atoms with Crippen LogP contribution in [-0.4, -0.2) is 32.8 Å². The van der Waals surface area contributed by atoms with Gasteiger partial charge in [-0.1, -0.05) is 13.8 Å². The van der Waals surface area contributed by atoms with Crippen molar-refractivity contribution in [1.82, 2.24) is 15.2 Å². The number of rotatable bonds is 7. The molecule has 0 aliphatic heterocycles. The molecule has 0 unspecified atom stereocenters. The van der Waals surface area contributed by atoms with E-state index in [0.29, 0.717) is 25.2 Å². The lowest BCUT2D eigenvalue weighted by atomic mass is 10.0. The first-order valence-corrected chi connectivity index (χ1v) is 7.84. The average Bonchev–Trinajstić information content (AvgIpc) is 2.99. The van der Waals surface area contributed by atoms with Crippen molar-refractivity contribution in [2.75, 3.05) is 11.9 Å². The number of nitrogens with zero attached hydrogens (tertiary/aromatic N) is 3. The molecule has 2 rings (SSSR count). The number of nitrogens with one attached hydrogen (secondary N) is 1. The van der Waals surface area contributed by atoms with Gasteiger partial charge in [0.2, 0.25) is 0 Å². The van der Waals surface area contributed by atoms with Crippen LogP contribution in [-0.2, 0) is 19.3 Å². The van der Waals surface area contributed by atoms with Crippen molar-refractivity contribution in [2.24, 2.45) is 0 Å². The van der Waals surface area contributed by atoms with Gasteiger partial charge in [0.1, 0.15) is 5.56 Å². The lowest BCUT2D eigenvalue weighted by Crippen LogP contribution is -2.16. The van der Waals surface area contributed by atoms with Crippen molar-refractivity contribution in [3.05, 3.63) is 33.4 Å². The molecule has 0 aliphatic rings. The lowest BCUT2D eigenvalue weighted by molar-refractivity contribution is 0.0696. The van der Waals surface area contributed by atoms with Crippen molar-refractivity contribution in [3.63, 3.8) is 0 Å². The molecule has 2 N–H and O–H groups in total. The van der Waals surface area contributed by atoms with Crippen LogP contribution in [0.15, 0.2) is 10.9 Å². The largest absolute Gasteiger partial charge is 0.478 e. The highest BCUT2D eigenvalue weighted by Crippen LogP contribution is 2.21. The first kappa shape index (κ1) is 15.4. The minimum Gasteiger partial charge on any atom is -0.478 e. The van der Waals surface area contributed by atoms with E-state index in [0.717, 1.165) is 23.4 Å². The third-order valence-electron chi connectivity index (χ3n) is 3.22. The number of anilines is 1. The molecule has 0 atom stereocenters. The van der Waals surface area contributed by atoms with E-state index >= 15 is 0 Å². The summed E-state index contributed by atoms with van der Waals surface area (Å²) in [5, 5.41) is 22.7. The van der Waals surface area contributed by atoms with Crippen LogP contribution in [0.2, 0.25) is 0 Å². The van der Waals surface area contributed by atoms with Crippen molar-refractivity contribution >= 4 is 23.1 Å². The third kappa shape index (κ3) is 3.55. The minimum absolute atomic E-state index is 0.239. The Hall–Kier alpha value is -2.02. The molecule has 112 valence electrons. The summed E-state index contributed by atoms with van der Waals surface area (Å²) >= 11 is 1.54. The van der Waals surface area contributed by atoms with Crippen molar-refractivity contribution in [2.45, 2.75) is 33.1 Å². The summed E-state index contributed by atoms with van der Waals surface area (Å²) in [6.45, 7) is 4.46. The molecule has 0 saturated heterocycles. The zero-order chi connectivity index (χ0) is 15.2. The quantitative estimate of drug-likeness (QED) is 0.816. The molecule has 0 bridgehead atoms. The zero-order valence-corrected chi connectivity index (χ0v) is 12.9. The van der Waals surface area contributed by atoms with Gasteiger partial charge in [0, 0.05) is 18.3 Å². The molecule has 0 saturated carbocycles. The molecule has 0 aromatic carbocycles. The molecule has 0 spiro atoms. The maximum atomic E-state index is 11.5. The molecule has 2 aromatic rings. The van der Waals surface area contributed by atoms with Gasteiger partial charge in [0.25, 0.3) is 0 Å². The Morgan fingerprint density at radius 3 is 2.71 bits per heavy atom. The predicted molar refractivity (Wildman–Crippen MR) is 82.1 cm³/mol. The van der Waals surface area contributed by atoms with Gasteiger partial charge in [-0.2, -0.15) is 5.10 Å². The van der Waals surface area contributed by atoms with E-state index in [1.54, 1.807) is 16.8 Å². The van der Waals surface area contributed by atoms with Gasteiger partial charge in [-0.25, -0.2) is 9.78 Å². The van der Waals surface area contributed by atoms with Crippen molar-refractivity contribution < 1.29 is 9.90 Å². The van der Waals surface area contributed by atoms with E-state index in [1.807, 2.05) is 19.2 Å². The highest BCUT2D eigenvalue weighted by Gasteiger charge is 2.20. The molecule has 2 aromatic heterocycles. The fourth-order valence-electron chi connectivity index (χ4n) is 2.20. The number of aromatic nitrogens is 3. The Kier molecular flexibility index (Phi) is 5.21. The van der Waals surface area contributed by atoms with E-state index in [2.05, 4.69) is 20.5 Å². The van der Waals surface area contributed by atoms with E-state index in [4.69, 9.17) is 0 Å². The predicted octanol–water partition coefficient (Wildman–Crippen LogP) is 2.41. The van der Waals surface area contributed by atoms with E-state index < -0.39 is 5.97 Å². The topological polar surface area (TPSA) is 88.0 Å². The molecular weight excluding hydrogens is 288 g/mol. The summed E-state index contributed by atoms with van der Waals surface area (Å²) in [4.78, 5) is 15.7. The Bertz CT molecular complexity index is 614. The van der Waals surface area contributed by atoms with Gasteiger partial charge < -0.3 is 10.4 Å². The van der Waals surface area contributed by atoms with Crippen LogP contribution in [0.25, 0.3) is 0 Å². The summed E-state index contributed by atoms with van der Waals surface area (Å²) in [6, 6.07) is 0. The Morgan fingerprint density at radius 2 is 2.14 bits per heavy atom. The molecule has 0 aliphatic carbocycles. The molecule has 7 heteroatoms. The number of thiazole rings is 1. The van der Waals surface area contributed by atoms with Crippen LogP contribution in [0.4, 0.5) is 5.82 Å². The minimum atomic E-state index is -0.965. The highest BCUT2D eigenvalue weighted by molar-refractivity contribution is 7.07. The molecule has 0 amide bonds. The maximum absolute atomic E-state index is 11.5. The van der Waals surface area contributed by atoms with Crippen LogP contribution in [0.5, 0.6) is 0 Å². The molecule has 0 radical (unpaired) electrons. The SMILES string of the molecule is CCc1nnc(NCCc2cscn2)c(C(=O)O)c1CC. The summed E-state index contributed by atoms with van der Waals surface area (Å²) in [5.41, 5.74) is 4.51. The second-order valence-corrected chi connectivity index (χ2v) is 5.24. The van der Waals surface area contributed by atoms with Crippen LogP contribution < -0.4 is 5.32 Å². The van der Waals surface area contributed by atoms with Gasteiger partial charge in [0.05, 0.1) is 16.9 Å². The van der Waals surface area contributed by atoms with Crippen LogP contribution in [0, 0.1) is 0 Å². The van der Waals surface area contributed by atoms with E-state index in [1.165, 1.54) is 0 Å². The van der Waals surface area contributed by atoms with E-state index in [9.17, 15) is 9.90 Å². The monoisotopic (exact) mass is 306 g/mol. The number of aryl methyl sites for hydroxylation is 1. The lowest BCUT2D eigenvalue weighted by Gasteiger charge is -2.13. The number of aromatic carboxylic acids is 1. The van der Waals surface area contributed by atoms with Crippen LogP contribution >= 0.6 is 11.3 Å². The average molecular weight is 306 g/mol. The van der Waals surface area contributed by atoms with Gasteiger partial charge in [-0.15, -0.1) is 16.4 Å². The number of carboxylic acids is 1. The van der Waals surface area contributed by atoms with Crippen LogP contribution in [0.1, 0.15) is 41.2 Å². The van der Waals surface area contributed by atoms with Crippen LogP contribution in [0.3, 0.4) is 0 Å². The van der Waals surface area contributed by atoms with Crippen molar-refractivity contribution in [1.29, 1.82) is 0 Å². The maximum Gasteiger partial charge on any atom is 0.339 e. The summed E-state index contributed by atoms with van der Waals surface area (Å²) in [6.07, 6.45) is 2.03. The first-order chi connectivity index (χ1) is 10.2. The zero-order valence-electron chi connectivity index (χ0n) is 12.1. The smallest absolute Gasteiger partial charge is 0.339 e. The van der Waals surface area contributed by atoms with Crippen molar-refractivity contribution in [3.8, 4) is 0 Å². The second-order valence-electron chi connectivity index (χ2n) is 4.52. The first-order valence-electron chi connectivity index (χ1n) is 6.90. The Morgan fingerprint density at radius 1 is 1.33 bits per heavy atom. The van der Waals surface area contributed by atoms with Gasteiger partial charge in [-0.3, -0.25) is 0 Å². The summed E-state index contributed by atoms with van der Waals surface area (Å²) in [5.74, 6) is -0.626. The highest BCUT2D eigenvalue weighted by atomic mass is 32.1. The number of carboxylic acid groups (broad SMARTS) is 1. The second kappa shape index (κ2) is 7.12. The van der Waals surface area contributed by atoms with Gasteiger partial charge >= 0.3 is 5.97 Å². The molecule has 21 heavy (non-hydrogen) atoms. The Labute approximate surface area is 127 Å². The van der Waals surface area contributed by atoms with Gasteiger partial charge in [-0.05, 0) is 18.4 Å². The molecule has 6 nitrogen and oxygen atoms in total. The van der Waals surface area contributed by atoms with Gasteiger partial charge in [0.15, 0.2) is 5.82 Å². The fraction of sp³-hybridized carbons (Fsp3) is 0.429. The standard InChI is InChI=1S/C14H18N4O2S/c1-3-10-11(4-2)17-18-13(12(10)14(19)20)15-6-5-9-7-21-8-16-9/h7-8H,3-6H2,1-2H3,(H,15,18)(H,19,20). The summed E-state index contributed by atoms with van der Waals surface area (Å²) in [7, 11) is 0. The summed E-state index contributed by atoms with van der Waals surface area (Å²) < 4.78 is 0. The molecule has 2 heterocycles. The third-order valence-corrected chi connectivity index (χ3v) is 3.85. The number of hydrogen-bond acceptors (Lipinski definition) is 6. The number of carbonyl (C=O) groups is 1. The number of hydrogen-bond donors (Lipinski definition) is 2. The molecule has 0 fully saturated rings. The normalized spacial score (nSPS) is 10.6. The van der Waals surface area contributed by atoms with E-state index in [-0.39, 0.29) is 5.56 Å². The molecular formula is C14H18N4O2S. The Balaban J connectivity index is 2.20. The fourth-order valence-corrected chi connectivity index (χ4v) is 2.79.